The first-order valence-electron chi connectivity index (χ1n) is 14.3. The van der Waals surface area contributed by atoms with Gasteiger partial charge in [-0.05, 0) is 31.4 Å². The van der Waals surface area contributed by atoms with E-state index in [2.05, 4.69) is 16.7 Å². The monoisotopic (exact) mass is 653 g/mol. The van der Waals surface area contributed by atoms with Gasteiger partial charge in [-0.15, -0.1) is 0 Å². The Kier molecular flexibility index (Phi) is 13.2. The number of carbonyl (C=O) groups is 2. The number of nitrogens with zero attached hydrogens (tertiary/aromatic N) is 2. The first kappa shape index (κ1) is 35.9. The second kappa shape index (κ2) is 16.1. The smallest absolute Gasteiger partial charge is 0.405 e. The predicted octanol–water partition coefficient (Wildman–Crippen LogP) is 2.86. The molecule has 2 aliphatic heterocycles. The Hall–Kier alpha value is -2.55. The van der Waals surface area contributed by atoms with Crippen molar-refractivity contribution in [3.8, 4) is 0 Å². The number of nitrogens with two attached hydrogens (primary N) is 2. The van der Waals surface area contributed by atoms with Crippen molar-refractivity contribution in [2.45, 2.75) is 65.1 Å². The van der Waals surface area contributed by atoms with Gasteiger partial charge in [-0.3, -0.25) is 18.6 Å². The van der Waals surface area contributed by atoms with E-state index < -0.39 is 43.6 Å². The Morgan fingerprint density at radius 1 is 1.30 bits per heavy atom. The molecule has 1 aromatic carbocycles. The molecule has 6 N–H and O–H groups in total. The molecule has 2 heterocycles. The number of hydrogen-bond acceptors (Lipinski definition) is 13. The van der Waals surface area contributed by atoms with Crippen LogP contribution in [0, 0.1) is 11.3 Å². The standard InChI is InChI=1S/C29H44N5O8PS/c1-19(2)26(31)27(36)42-22-15-25(34-12-11-24(30)33-20(34)3)41-23(22)17-40-43(38,32-16-21-9-7-6-8-10-21)39-13-14-44-28(37)29(4,5)18-35/h6-12,19,22-23,25-26,35H,3,13-18,31H2,1-2,4-5H3,(H2,30,33)(H,32,38)/t22?,23-,25-,26?,43?/m0/s1. The van der Waals surface area contributed by atoms with Crippen LogP contribution >= 0.6 is 19.5 Å². The van der Waals surface area contributed by atoms with Gasteiger partial charge in [-0.25, -0.2) is 14.6 Å². The second-order valence-corrected chi connectivity index (χ2v) is 14.3. The lowest BCUT2D eigenvalue weighted by Crippen LogP contribution is -2.41. The highest BCUT2D eigenvalue weighted by Gasteiger charge is 2.43. The number of thioether (sulfide) groups is 1. The minimum Gasteiger partial charge on any atom is -0.458 e. The van der Waals surface area contributed by atoms with Gasteiger partial charge in [0.2, 0.25) is 0 Å². The molecule has 0 spiro atoms. The highest BCUT2D eigenvalue weighted by atomic mass is 32.2. The summed E-state index contributed by atoms with van der Waals surface area (Å²) in [6, 6.07) is 8.43. The summed E-state index contributed by atoms with van der Waals surface area (Å²) in [5, 5.41) is 12.1. The minimum absolute atomic E-state index is 0.0788. The summed E-state index contributed by atoms with van der Waals surface area (Å²) in [6.45, 7) is 10.4. The molecule has 1 saturated heterocycles. The predicted molar refractivity (Wildman–Crippen MR) is 169 cm³/mol. The van der Waals surface area contributed by atoms with Gasteiger partial charge in [-0.1, -0.05) is 62.5 Å². The summed E-state index contributed by atoms with van der Waals surface area (Å²) in [5.41, 5.74) is 11.7. The fourth-order valence-corrected chi connectivity index (χ4v) is 6.27. The zero-order valence-corrected chi connectivity index (χ0v) is 27.3. The number of nitrogens with one attached hydrogen (secondary N) is 1. The molecule has 2 aliphatic rings. The number of esters is 1. The SMILES string of the molecule is C=C1N=C(N)C=CN1[C@@H]1CC(OC(=O)C(N)C(C)C)[C@H](COP(=O)(NCc2ccccc2)OCCSC(=O)C(C)(C)CO)O1. The van der Waals surface area contributed by atoms with Gasteiger partial charge >= 0.3 is 13.7 Å². The Balaban J connectivity index is 1.72. The summed E-state index contributed by atoms with van der Waals surface area (Å²) >= 11 is 0.973. The Labute approximate surface area is 263 Å². The highest BCUT2D eigenvalue weighted by molar-refractivity contribution is 8.13. The van der Waals surface area contributed by atoms with E-state index in [1.165, 1.54) is 0 Å². The first-order chi connectivity index (χ1) is 20.7. The lowest BCUT2D eigenvalue weighted by atomic mass is 9.97. The van der Waals surface area contributed by atoms with Crippen molar-refractivity contribution in [3.05, 3.63) is 60.6 Å². The van der Waals surface area contributed by atoms with Crippen LogP contribution in [0.5, 0.6) is 0 Å². The molecule has 13 nitrogen and oxygen atoms in total. The summed E-state index contributed by atoms with van der Waals surface area (Å²) in [4.78, 5) is 31.0. The largest absolute Gasteiger partial charge is 0.458 e. The fourth-order valence-electron chi connectivity index (χ4n) is 4.03. The molecule has 0 aliphatic carbocycles. The molecule has 1 fully saturated rings. The van der Waals surface area contributed by atoms with E-state index >= 15 is 0 Å². The molecule has 244 valence electrons. The van der Waals surface area contributed by atoms with Gasteiger partial charge in [0, 0.05) is 24.9 Å². The van der Waals surface area contributed by atoms with Crippen molar-refractivity contribution < 1.29 is 37.8 Å². The van der Waals surface area contributed by atoms with Crippen LogP contribution in [0.15, 0.2) is 60.0 Å². The van der Waals surface area contributed by atoms with Gasteiger partial charge in [0.15, 0.2) is 5.12 Å². The van der Waals surface area contributed by atoms with Crippen LogP contribution in [0.4, 0.5) is 0 Å². The van der Waals surface area contributed by atoms with Crippen molar-refractivity contribution in [3.63, 3.8) is 0 Å². The molecule has 0 bridgehead atoms. The third kappa shape index (κ3) is 10.2. The zero-order valence-electron chi connectivity index (χ0n) is 25.6. The van der Waals surface area contributed by atoms with Gasteiger partial charge in [0.05, 0.1) is 25.2 Å². The lowest BCUT2D eigenvalue weighted by Gasteiger charge is -2.28. The molecule has 0 amide bonds. The number of carbonyl (C=O) groups excluding carboxylic acids is 2. The van der Waals surface area contributed by atoms with Crippen molar-refractivity contribution in [1.29, 1.82) is 0 Å². The van der Waals surface area contributed by atoms with Crippen LogP contribution in [0.3, 0.4) is 0 Å². The van der Waals surface area contributed by atoms with E-state index in [9.17, 15) is 19.3 Å². The van der Waals surface area contributed by atoms with Gasteiger partial charge in [0.1, 0.15) is 36.1 Å². The average molecular weight is 654 g/mol. The number of aliphatic hydroxyl groups is 1. The number of amidine groups is 1. The van der Waals surface area contributed by atoms with E-state index in [-0.39, 0.29) is 55.4 Å². The Bertz CT molecular complexity index is 1260. The number of aliphatic imine (C=N–C) groups is 1. The summed E-state index contributed by atoms with van der Waals surface area (Å²) in [6.07, 6.45) is 1.22. The molecular formula is C29H44N5O8PS. The molecule has 3 rings (SSSR count). The Morgan fingerprint density at radius 3 is 2.64 bits per heavy atom. The minimum atomic E-state index is -3.97. The third-order valence-corrected chi connectivity index (χ3v) is 9.71. The van der Waals surface area contributed by atoms with Gasteiger partial charge in [0.25, 0.3) is 0 Å². The van der Waals surface area contributed by atoms with Crippen LogP contribution in [0.2, 0.25) is 0 Å². The highest BCUT2D eigenvalue weighted by Crippen LogP contribution is 2.45. The molecular weight excluding hydrogens is 609 g/mol. The number of rotatable bonds is 16. The Morgan fingerprint density at radius 2 is 2.00 bits per heavy atom. The summed E-state index contributed by atoms with van der Waals surface area (Å²) in [5.74, 6) is 0.0721. The quantitative estimate of drug-likeness (QED) is 0.116. The van der Waals surface area contributed by atoms with Gasteiger partial charge < -0.3 is 30.9 Å². The van der Waals surface area contributed by atoms with E-state index in [0.29, 0.717) is 5.82 Å². The molecule has 3 unspecified atom stereocenters. The first-order valence-corrected chi connectivity index (χ1v) is 16.8. The second-order valence-electron chi connectivity index (χ2n) is 11.4. The molecule has 5 atom stereocenters. The van der Waals surface area contributed by atoms with Crippen LogP contribution < -0.4 is 16.6 Å². The topological polar surface area (TPSA) is 188 Å². The average Bonchev–Trinajstić information content (AvgIpc) is 3.39. The molecule has 1 aromatic rings. The van der Waals surface area contributed by atoms with Crippen molar-refractivity contribution in [2.75, 3.05) is 25.6 Å². The number of hydrogen-bond donors (Lipinski definition) is 4. The number of aliphatic hydroxyl groups excluding tert-OH is 1. The third-order valence-electron chi connectivity index (χ3n) is 6.96. The zero-order chi connectivity index (χ0) is 32.5. The summed E-state index contributed by atoms with van der Waals surface area (Å²) in [7, 11) is -3.97. The molecule has 0 radical (unpaired) electrons. The van der Waals surface area contributed by atoms with Crippen LogP contribution in [-0.2, 0) is 39.2 Å². The van der Waals surface area contributed by atoms with E-state index in [4.69, 9.17) is 30.0 Å². The maximum Gasteiger partial charge on any atom is 0.405 e. The van der Waals surface area contributed by atoms with Crippen molar-refractivity contribution in [2.24, 2.45) is 27.8 Å². The van der Waals surface area contributed by atoms with Crippen molar-refractivity contribution in [1.82, 2.24) is 9.99 Å². The van der Waals surface area contributed by atoms with Crippen LogP contribution in [-0.4, -0.2) is 77.0 Å². The number of benzene rings is 1. The molecule has 0 aromatic heterocycles. The fraction of sp³-hybridized carbons (Fsp3) is 0.552. The lowest BCUT2D eigenvalue weighted by molar-refractivity contribution is -0.155. The molecule has 15 heteroatoms. The number of ether oxygens (including phenoxy) is 2. The normalized spacial score (nSPS) is 22.5. The van der Waals surface area contributed by atoms with Crippen LogP contribution in [0.25, 0.3) is 0 Å². The maximum atomic E-state index is 13.9. The van der Waals surface area contributed by atoms with E-state index in [0.717, 1.165) is 17.3 Å². The van der Waals surface area contributed by atoms with E-state index in [1.807, 2.05) is 44.2 Å². The van der Waals surface area contributed by atoms with Gasteiger partial charge in [-0.2, -0.15) is 0 Å². The summed E-state index contributed by atoms with van der Waals surface area (Å²) < 4.78 is 37.4. The van der Waals surface area contributed by atoms with Crippen molar-refractivity contribution >= 4 is 36.4 Å². The molecule has 0 saturated carbocycles. The van der Waals surface area contributed by atoms with Crippen LogP contribution in [0.1, 0.15) is 39.7 Å². The maximum absolute atomic E-state index is 13.9. The molecule has 44 heavy (non-hydrogen) atoms. The van der Waals surface area contributed by atoms with E-state index in [1.54, 1.807) is 31.0 Å².